The molecule has 0 N–H and O–H groups in total. The van der Waals surface area contributed by atoms with Gasteiger partial charge in [0.15, 0.2) is 0 Å². The van der Waals surface area contributed by atoms with Crippen molar-refractivity contribution in [1.29, 1.82) is 0 Å². The molecular formula is C30H18O2. The summed E-state index contributed by atoms with van der Waals surface area (Å²) in [6, 6.07) is 37.8. The molecule has 6 aromatic rings. The fourth-order valence-corrected chi connectivity index (χ4v) is 4.76. The zero-order valence-corrected chi connectivity index (χ0v) is 17.2. The van der Waals surface area contributed by atoms with Gasteiger partial charge in [0.25, 0.3) is 0 Å². The highest BCUT2D eigenvalue weighted by atomic mass is 16.5. The van der Waals surface area contributed by atoms with Crippen LogP contribution in [0.2, 0.25) is 0 Å². The summed E-state index contributed by atoms with van der Waals surface area (Å²) in [7, 11) is 0. The fourth-order valence-electron chi connectivity index (χ4n) is 4.76. The maximum atomic E-state index is 6.37. The van der Waals surface area contributed by atoms with Gasteiger partial charge in [-0.3, -0.25) is 0 Å². The first-order valence-corrected chi connectivity index (χ1v) is 10.8. The Morgan fingerprint density at radius 3 is 1.94 bits per heavy atom. The van der Waals surface area contributed by atoms with Crippen LogP contribution in [0.3, 0.4) is 0 Å². The molecule has 1 aliphatic rings. The zero-order chi connectivity index (χ0) is 21.1. The molecule has 32 heavy (non-hydrogen) atoms. The number of rotatable bonds is 1. The molecule has 2 nitrogen and oxygen atoms in total. The van der Waals surface area contributed by atoms with Gasteiger partial charge >= 0.3 is 0 Å². The number of benzene rings is 5. The minimum absolute atomic E-state index is 0.871. The summed E-state index contributed by atoms with van der Waals surface area (Å²) in [5.74, 6) is 1.76. The van der Waals surface area contributed by atoms with E-state index in [1.807, 2.05) is 30.3 Å². The van der Waals surface area contributed by atoms with E-state index in [-0.39, 0.29) is 0 Å². The highest BCUT2D eigenvalue weighted by molar-refractivity contribution is 6.06. The zero-order valence-electron chi connectivity index (χ0n) is 17.2. The molecule has 0 amide bonds. The average Bonchev–Trinajstić information content (AvgIpc) is 3.15. The van der Waals surface area contributed by atoms with Gasteiger partial charge in [0.1, 0.15) is 22.7 Å². The molecule has 0 atom stereocenters. The standard InChI is InChI=1S/C30H18O2/c1-2-8-22-21(7-1)23-9-3-5-11-27(23)31-29-16-14-19(17-26(22)29)20-13-15-25-24-10-4-6-12-28(24)32-30(25)18-20/h1-18H. The summed E-state index contributed by atoms with van der Waals surface area (Å²) >= 11 is 0. The molecule has 0 saturated heterocycles. The Bertz CT molecular complexity index is 1660. The molecular weight excluding hydrogens is 392 g/mol. The Hall–Kier alpha value is -4.30. The first-order valence-electron chi connectivity index (χ1n) is 10.8. The normalized spacial score (nSPS) is 12.0. The Balaban J connectivity index is 1.43. The van der Waals surface area contributed by atoms with Crippen molar-refractivity contribution in [3.8, 4) is 44.9 Å². The monoisotopic (exact) mass is 410 g/mol. The third-order valence-corrected chi connectivity index (χ3v) is 6.31. The van der Waals surface area contributed by atoms with Crippen LogP contribution in [0.4, 0.5) is 0 Å². The van der Waals surface area contributed by atoms with E-state index >= 15 is 0 Å². The van der Waals surface area contributed by atoms with E-state index < -0.39 is 0 Å². The number of fused-ring (bicyclic) bond motifs is 8. The van der Waals surface area contributed by atoms with Crippen molar-refractivity contribution >= 4 is 21.9 Å². The van der Waals surface area contributed by atoms with Crippen LogP contribution in [0.5, 0.6) is 11.5 Å². The number of para-hydroxylation sites is 2. The van der Waals surface area contributed by atoms with Gasteiger partial charge in [0.05, 0.1) is 0 Å². The summed E-state index contributed by atoms with van der Waals surface area (Å²) in [5.41, 5.74) is 8.66. The molecule has 0 bridgehead atoms. The molecule has 0 spiro atoms. The third-order valence-electron chi connectivity index (χ3n) is 6.31. The molecule has 1 aliphatic heterocycles. The minimum atomic E-state index is 0.871. The van der Waals surface area contributed by atoms with Crippen molar-refractivity contribution in [2.24, 2.45) is 0 Å². The number of furan rings is 1. The summed E-state index contributed by atoms with van der Waals surface area (Å²) in [5, 5.41) is 2.29. The van der Waals surface area contributed by atoms with Crippen molar-refractivity contribution in [3.63, 3.8) is 0 Å². The van der Waals surface area contributed by atoms with Crippen LogP contribution >= 0.6 is 0 Å². The second-order valence-corrected chi connectivity index (χ2v) is 8.16. The number of ether oxygens (including phenoxy) is 1. The smallest absolute Gasteiger partial charge is 0.136 e. The second kappa shape index (κ2) is 6.60. The molecule has 0 radical (unpaired) electrons. The van der Waals surface area contributed by atoms with Crippen molar-refractivity contribution in [2.45, 2.75) is 0 Å². The van der Waals surface area contributed by atoms with Crippen LogP contribution in [-0.4, -0.2) is 0 Å². The van der Waals surface area contributed by atoms with Crippen LogP contribution in [0, 0.1) is 0 Å². The maximum Gasteiger partial charge on any atom is 0.136 e. The Labute approximate surface area is 185 Å². The first kappa shape index (κ1) is 17.4. The van der Waals surface area contributed by atoms with E-state index in [1.54, 1.807) is 0 Å². The molecule has 2 heteroatoms. The van der Waals surface area contributed by atoms with Gasteiger partial charge in [-0.2, -0.15) is 0 Å². The van der Waals surface area contributed by atoms with Crippen LogP contribution in [0.1, 0.15) is 0 Å². The largest absolute Gasteiger partial charge is 0.456 e. The lowest BCUT2D eigenvalue weighted by Gasteiger charge is -2.11. The van der Waals surface area contributed by atoms with Gasteiger partial charge in [-0.15, -0.1) is 0 Å². The Morgan fingerprint density at radius 1 is 0.406 bits per heavy atom. The molecule has 1 aromatic heterocycles. The van der Waals surface area contributed by atoms with Gasteiger partial charge in [-0.1, -0.05) is 72.8 Å². The Kier molecular flexibility index (Phi) is 3.58. The second-order valence-electron chi connectivity index (χ2n) is 8.16. The molecule has 150 valence electrons. The van der Waals surface area contributed by atoms with Crippen molar-refractivity contribution in [2.75, 3.05) is 0 Å². The first-order chi connectivity index (χ1) is 15.8. The lowest BCUT2D eigenvalue weighted by molar-refractivity contribution is 0.488. The predicted octanol–water partition coefficient (Wildman–Crippen LogP) is 8.69. The van der Waals surface area contributed by atoms with E-state index in [0.29, 0.717) is 0 Å². The van der Waals surface area contributed by atoms with Crippen molar-refractivity contribution in [3.05, 3.63) is 109 Å². The summed E-state index contributed by atoms with van der Waals surface area (Å²) in [6.07, 6.45) is 0. The van der Waals surface area contributed by atoms with Crippen LogP contribution in [0.15, 0.2) is 114 Å². The molecule has 2 heterocycles. The quantitative estimate of drug-likeness (QED) is 0.270. The molecule has 0 saturated carbocycles. The summed E-state index contributed by atoms with van der Waals surface area (Å²) in [4.78, 5) is 0. The SMILES string of the molecule is c1ccc2c(c1)Oc1ccc(-c3ccc4c(c3)oc3ccccc34)cc1-c1ccccc1-2. The molecule has 0 aliphatic carbocycles. The van der Waals surface area contributed by atoms with Crippen LogP contribution < -0.4 is 4.74 Å². The van der Waals surface area contributed by atoms with Crippen LogP contribution in [0.25, 0.3) is 55.3 Å². The summed E-state index contributed by atoms with van der Waals surface area (Å²) < 4.78 is 12.5. The van der Waals surface area contributed by atoms with E-state index in [1.165, 1.54) is 11.1 Å². The van der Waals surface area contributed by atoms with Gasteiger partial charge in [0, 0.05) is 21.9 Å². The fraction of sp³-hybridized carbons (Fsp3) is 0. The van der Waals surface area contributed by atoms with E-state index in [0.717, 1.165) is 55.7 Å². The van der Waals surface area contributed by atoms with Crippen molar-refractivity contribution < 1.29 is 9.15 Å². The van der Waals surface area contributed by atoms with Gasteiger partial charge in [-0.05, 0) is 58.7 Å². The highest BCUT2D eigenvalue weighted by Gasteiger charge is 2.20. The summed E-state index contributed by atoms with van der Waals surface area (Å²) in [6.45, 7) is 0. The number of hydrogen-bond acceptors (Lipinski definition) is 2. The molecule has 0 fully saturated rings. The van der Waals surface area contributed by atoms with Gasteiger partial charge in [-0.25, -0.2) is 0 Å². The Morgan fingerprint density at radius 2 is 1.03 bits per heavy atom. The maximum absolute atomic E-state index is 6.37. The highest BCUT2D eigenvalue weighted by Crippen LogP contribution is 2.47. The van der Waals surface area contributed by atoms with Gasteiger partial charge in [0.2, 0.25) is 0 Å². The lowest BCUT2D eigenvalue weighted by atomic mass is 9.92. The topological polar surface area (TPSA) is 22.4 Å². The number of hydrogen-bond donors (Lipinski definition) is 0. The van der Waals surface area contributed by atoms with Crippen LogP contribution in [-0.2, 0) is 0 Å². The van der Waals surface area contributed by atoms with Crippen molar-refractivity contribution in [1.82, 2.24) is 0 Å². The van der Waals surface area contributed by atoms with E-state index in [9.17, 15) is 0 Å². The minimum Gasteiger partial charge on any atom is -0.456 e. The molecule has 0 unspecified atom stereocenters. The van der Waals surface area contributed by atoms with Gasteiger partial charge < -0.3 is 9.15 Å². The molecule has 5 aromatic carbocycles. The predicted molar refractivity (Wildman–Crippen MR) is 130 cm³/mol. The average molecular weight is 410 g/mol. The third kappa shape index (κ3) is 2.53. The van der Waals surface area contributed by atoms with E-state index in [4.69, 9.17) is 9.15 Å². The lowest BCUT2D eigenvalue weighted by Crippen LogP contribution is -1.87. The van der Waals surface area contributed by atoms with E-state index in [2.05, 4.69) is 78.9 Å². The molecule has 7 rings (SSSR count).